The quantitative estimate of drug-likeness (QED) is 0.910. The van der Waals surface area contributed by atoms with Crippen molar-refractivity contribution in [3.05, 3.63) is 51.7 Å². The first kappa shape index (κ1) is 12.0. The molecule has 1 N–H and O–H groups in total. The fourth-order valence-electron chi connectivity index (χ4n) is 1.38. The molecule has 0 aliphatic carbocycles. The zero-order chi connectivity index (χ0) is 12.3. The smallest absolute Gasteiger partial charge is 0.191 e. The Morgan fingerprint density at radius 2 is 1.94 bits per heavy atom. The number of ether oxygens (including phenoxy) is 1. The molecular weight excluding hydrogens is 246 g/mol. The second kappa shape index (κ2) is 5.25. The van der Waals surface area contributed by atoms with Crippen LogP contribution in [0, 0.1) is 11.6 Å². The first-order chi connectivity index (χ1) is 8.20. The highest BCUT2D eigenvalue weighted by atomic mass is 32.1. The summed E-state index contributed by atoms with van der Waals surface area (Å²) < 4.78 is 32.0. The Bertz CT molecular complexity index is 474. The monoisotopic (exact) mass is 256 g/mol. The van der Waals surface area contributed by atoms with Gasteiger partial charge in [-0.25, -0.2) is 8.78 Å². The van der Waals surface area contributed by atoms with E-state index >= 15 is 0 Å². The first-order valence-electron chi connectivity index (χ1n) is 4.94. The van der Waals surface area contributed by atoms with Crippen molar-refractivity contribution in [3.63, 3.8) is 0 Å². The third-order valence-corrected chi connectivity index (χ3v) is 3.03. The van der Waals surface area contributed by atoms with E-state index < -0.39 is 24.0 Å². The van der Waals surface area contributed by atoms with E-state index in [1.807, 2.05) is 17.5 Å². The standard InChI is InChI=1S/C12H10F2O2S/c13-10-4-8(6-15)5-11(14)12(10)16-7-9-2-1-3-17-9/h1-5,15H,6-7H2. The minimum atomic E-state index is -0.800. The van der Waals surface area contributed by atoms with Crippen molar-refractivity contribution in [2.75, 3.05) is 0 Å². The second-order valence-electron chi connectivity index (χ2n) is 3.41. The maximum Gasteiger partial charge on any atom is 0.191 e. The Hall–Kier alpha value is -1.46. The number of aliphatic hydroxyl groups is 1. The van der Waals surface area contributed by atoms with Gasteiger partial charge >= 0.3 is 0 Å². The maximum absolute atomic E-state index is 13.5. The second-order valence-corrected chi connectivity index (χ2v) is 4.45. The van der Waals surface area contributed by atoms with Gasteiger partial charge < -0.3 is 9.84 Å². The van der Waals surface area contributed by atoms with Crippen LogP contribution in [0.25, 0.3) is 0 Å². The van der Waals surface area contributed by atoms with Crippen LogP contribution in [0.1, 0.15) is 10.4 Å². The lowest BCUT2D eigenvalue weighted by Crippen LogP contribution is -2.00. The van der Waals surface area contributed by atoms with Crippen molar-refractivity contribution in [2.24, 2.45) is 0 Å². The zero-order valence-electron chi connectivity index (χ0n) is 8.82. The highest BCUT2D eigenvalue weighted by Gasteiger charge is 2.12. The van der Waals surface area contributed by atoms with Crippen molar-refractivity contribution in [2.45, 2.75) is 13.2 Å². The van der Waals surface area contributed by atoms with Gasteiger partial charge in [0.25, 0.3) is 0 Å². The van der Waals surface area contributed by atoms with Gasteiger partial charge in [-0.05, 0) is 29.1 Å². The molecule has 2 rings (SSSR count). The predicted octanol–water partition coefficient (Wildman–Crippen LogP) is 3.10. The first-order valence-corrected chi connectivity index (χ1v) is 5.82. The molecule has 90 valence electrons. The Morgan fingerprint density at radius 1 is 1.24 bits per heavy atom. The number of aliphatic hydroxyl groups excluding tert-OH is 1. The van der Waals surface area contributed by atoms with Crippen LogP contribution in [0.4, 0.5) is 8.78 Å². The molecule has 0 spiro atoms. The van der Waals surface area contributed by atoms with Crippen LogP contribution < -0.4 is 4.74 Å². The Kier molecular flexibility index (Phi) is 3.71. The summed E-state index contributed by atoms with van der Waals surface area (Å²) in [5.41, 5.74) is 0.184. The summed E-state index contributed by atoms with van der Waals surface area (Å²) in [6.07, 6.45) is 0. The normalized spacial score (nSPS) is 10.5. The molecule has 0 unspecified atom stereocenters. The van der Waals surface area contributed by atoms with E-state index in [0.717, 1.165) is 17.0 Å². The Morgan fingerprint density at radius 3 is 2.47 bits per heavy atom. The molecule has 0 aliphatic heterocycles. The predicted molar refractivity (Wildman–Crippen MR) is 60.9 cm³/mol. The molecule has 1 aromatic carbocycles. The van der Waals surface area contributed by atoms with Gasteiger partial charge in [0.05, 0.1) is 6.61 Å². The van der Waals surface area contributed by atoms with Crippen LogP contribution in [-0.4, -0.2) is 5.11 Å². The molecule has 0 atom stereocenters. The summed E-state index contributed by atoms with van der Waals surface area (Å²) in [5, 5.41) is 10.6. The maximum atomic E-state index is 13.5. The topological polar surface area (TPSA) is 29.5 Å². The van der Waals surface area contributed by atoms with Crippen molar-refractivity contribution in [1.29, 1.82) is 0 Å². The summed E-state index contributed by atoms with van der Waals surface area (Å²) in [4.78, 5) is 0.884. The van der Waals surface area contributed by atoms with E-state index in [1.54, 1.807) is 0 Å². The Balaban J connectivity index is 2.15. The minimum absolute atomic E-state index is 0.129. The Labute approximate surface area is 101 Å². The highest BCUT2D eigenvalue weighted by molar-refractivity contribution is 7.09. The molecule has 0 bridgehead atoms. The average Bonchev–Trinajstić information content (AvgIpc) is 2.80. The summed E-state index contributed by atoms with van der Waals surface area (Å²) in [7, 11) is 0. The van der Waals surface area contributed by atoms with Gasteiger partial charge in [0.2, 0.25) is 0 Å². The highest BCUT2D eigenvalue weighted by Crippen LogP contribution is 2.25. The van der Waals surface area contributed by atoms with Crippen LogP contribution in [0.15, 0.2) is 29.6 Å². The lowest BCUT2D eigenvalue weighted by atomic mass is 10.2. The number of rotatable bonds is 4. The van der Waals surface area contributed by atoms with E-state index in [9.17, 15) is 8.78 Å². The lowest BCUT2D eigenvalue weighted by Gasteiger charge is -2.08. The molecule has 2 nitrogen and oxygen atoms in total. The lowest BCUT2D eigenvalue weighted by molar-refractivity contribution is 0.268. The van der Waals surface area contributed by atoms with E-state index in [2.05, 4.69) is 0 Å². The van der Waals surface area contributed by atoms with Crippen molar-refractivity contribution in [1.82, 2.24) is 0 Å². The number of hydrogen-bond acceptors (Lipinski definition) is 3. The van der Waals surface area contributed by atoms with Gasteiger partial charge in [-0.1, -0.05) is 6.07 Å². The number of benzene rings is 1. The van der Waals surface area contributed by atoms with Gasteiger partial charge in [-0.3, -0.25) is 0 Å². The van der Waals surface area contributed by atoms with Crippen molar-refractivity contribution < 1.29 is 18.6 Å². The van der Waals surface area contributed by atoms with E-state index in [0.29, 0.717) is 0 Å². The number of halogens is 2. The molecule has 0 fully saturated rings. The summed E-state index contributed by atoms with van der Waals surface area (Å²) >= 11 is 1.45. The molecule has 1 aromatic heterocycles. The van der Waals surface area contributed by atoms with Crippen molar-refractivity contribution in [3.8, 4) is 5.75 Å². The molecule has 2 aromatic rings. The SMILES string of the molecule is OCc1cc(F)c(OCc2cccs2)c(F)c1. The average molecular weight is 256 g/mol. The summed E-state index contributed by atoms with van der Waals surface area (Å²) in [6, 6.07) is 5.78. The van der Waals surface area contributed by atoms with Crippen LogP contribution in [0.3, 0.4) is 0 Å². The molecule has 0 aliphatic rings. The van der Waals surface area contributed by atoms with E-state index in [4.69, 9.17) is 9.84 Å². The number of hydrogen-bond donors (Lipinski definition) is 1. The van der Waals surface area contributed by atoms with Crippen LogP contribution >= 0.6 is 11.3 Å². The number of thiophene rings is 1. The zero-order valence-corrected chi connectivity index (χ0v) is 9.64. The largest absolute Gasteiger partial charge is 0.482 e. The van der Waals surface area contributed by atoms with E-state index in [-0.39, 0.29) is 12.2 Å². The fourth-order valence-corrected chi connectivity index (χ4v) is 2.00. The molecule has 0 radical (unpaired) electrons. The van der Waals surface area contributed by atoms with Crippen LogP contribution in [-0.2, 0) is 13.2 Å². The molecule has 5 heteroatoms. The third kappa shape index (κ3) is 2.81. The molecule has 17 heavy (non-hydrogen) atoms. The van der Waals surface area contributed by atoms with Gasteiger partial charge in [0.15, 0.2) is 17.4 Å². The van der Waals surface area contributed by atoms with Gasteiger partial charge in [-0.15, -0.1) is 11.3 Å². The summed E-state index contributed by atoms with van der Waals surface area (Å²) in [6.45, 7) is -0.275. The minimum Gasteiger partial charge on any atom is -0.482 e. The molecular formula is C12H10F2O2S. The van der Waals surface area contributed by atoms with Gasteiger partial charge in [0.1, 0.15) is 6.61 Å². The summed E-state index contributed by atoms with van der Waals surface area (Å²) in [5.74, 6) is -2.01. The third-order valence-electron chi connectivity index (χ3n) is 2.18. The molecule has 1 heterocycles. The van der Waals surface area contributed by atoms with Crippen LogP contribution in [0.2, 0.25) is 0 Å². The fraction of sp³-hybridized carbons (Fsp3) is 0.167. The van der Waals surface area contributed by atoms with Gasteiger partial charge in [0, 0.05) is 4.88 Å². The van der Waals surface area contributed by atoms with Crippen molar-refractivity contribution >= 4 is 11.3 Å². The molecule has 0 saturated heterocycles. The molecule has 0 saturated carbocycles. The van der Waals surface area contributed by atoms with Crippen LogP contribution in [0.5, 0.6) is 5.75 Å². The van der Waals surface area contributed by atoms with E-state index in [1.165, 1.54) is 11.3 Å². The van der Waals surface area contributed by atoms with Gasteiger partial charge in [-0.2, -0.15) is 0 Å². The molecule has 0 amide bonds.